The lowest BCUT2D eigenvalue weighted by Crippen LogP contribution is -2.44. The van der Waals surface area contributed by atoms with Crippen LogP contribution in [0.1, 0.15) is 52.3 Å². The molecule has 1 aromatic carbocycles. The van der Waals surface area contributed by atoms with Gasteiger partial charge >= 0.3 is 5.97 Å². The summed E-state index contributed by atoms with van der Waals surface area (Å²) in [5.74, 6) is -2.70. The van der Waals surface area contributed by atoms with Gasteiger partial charge in [0.15, 0.2) is 5.78 Å². The second-order valence-corrected chi connectivity index (χ2v) is 10.4. The second kappa shape index (κ2) is 9.96. The van der Waals surface area contributed by atoms with E-state index >= 15 is 0 Å². The summed E-state index contributed by atoms with van der Waals surface area (Å²) in [6, 6.07) is 10.7. The van der Waals surface area contributed by atoms with Gasteiger partial charge in [-0.25, -0.2) is 9.69 Å². The normalized spacial score (nSPS) is 19.5. The van der Waals surface area contributed by atoms with Crippen LogP contribution in [0.25, 0.3) is 0 Å². The van der Waals surface area contributed by atoms with E-state index in [1.807, 2.05) is 12.1 Å². The Labute approximate surface area is 226 Å². The van der Waals surface area contributed by atoms with E-state index in [4.69, 9.17) is 4.74 Å². The Bertz CT molecular complexity index is 1540. The summed E-state index contributed by atoms with van der Waals surface area (Å²) in [5, 5.41) is 22.3. The zero-order valence-corrected chi connectivity index (χ0v) is 22.1. The van der Waals surface area contributed by atoms with Crippen LogP contribution in [0.15, 0.2) is 63.4 Å². The molecule has 5 rings (SSSR count). The minimum atomic E-state index is -0.887. The number of hydrogen-bond donors (Lipinski definition) is 1. The summed E-state index contributed by atoms with van der Waals surface area (Å²) in [4.78, 5) is 56.1. The lowest BCUT2D eigenvalue weighted by molar-refractivity contribution is -0.122. The Morgan fingerprint density at radius 1 is 1.13 bits per heavy atom. The van der Waals surface area contributed by atoms with Crippen LogP contribution in [0.5, 0.6) is 0 Å². The van der Waals surface area contributed by atoms with E-state index < -0.39 is 17.8 Å². The lowest BCUT2D eigenvalue weighted by Gasteiger charge is -2.30. The van der Waals surface area contributed by atoms with Crippen LogP contribution in [0.3, 0.4) is 0 Å². The summed E-state index contributed by atoms with van der Waals surface area (Å²) in [6.07, 6.45) is 1.25. The standard InChI is InChI=1S/C27H21N3O6S2/c1-3-36-27(35)21-16-10-7-11-18(31)22(16)38-26(21)30-23(33)17(12-28)14(2)20(24(30)34)25-29(19(32)13-37-25)15-8-5-4-6-9-15/h4-6,8-9,13,32H,3,7,10-11H2,1-2H3/b25-20+. The first kappa shape index (κ1) is 25.5. The topological polar surface area (TPSA) is 128 Å². The number of imide groups is 1. The Hall–Kier alpha value is -4.14. The Kier molecular flexibility index (Phi) is 6.69. The number of esters is 1. The van der Waals surface area contributed by atoms with E-state index in [1.165, 1.54) is 17.2 Å². The number of carbonyl (C=O) groups is 4. The molecule has 9 nitrogen and oxygen atoms in total. The number of hydrogen-bond acceptors (Lipinski definition) is 10. The molecule has 0 unspecified atom stereocenters. The molecule has 2 aliphatic heterocycles. The number of rotatable bonds is 4. The summed E-state index contributed by atoms with van der Waals surface area (Å²) in [6.45, 7) is 3.20. The molecule has 0 saturated heterocycles. The first-order valence-corrected chi connectivity index (χ1v) is 13.5. The van der Waals surface area contributed by atoms with Crippen molar-refractivity contribution in [3.63, 3.8) is 0 Å². The number of thioether (sulfide) groups is 1. The highest BCUT2D eigenvalue weighted by Crippen LogP contribution is 2.46. The number of carbonyl (C=O) groups excluding carboxylic acids is 4. The Balaban J connectivity index is 1.74. The third-order valence-corrected chi connectivity index (χ3v) is 8.58. The van der Waals surface area contributed by atoms with Gasteiger partial charge in [-0.3, -0.25) is 19.3 Å². The predicted octanol–water partition coefficient (Wildman–Crippen LogP) is 4.98. The fourth-order valence-corrected chi connectivity index (χ4v) is 6.96. The lowest BCUT2D eigenvalue weighted by atomic mass is 9.93. The van der Waals surface area contributed by atoms with E-state index in [0.717, 1.165) is 28.0 Å². The number of benzene rings is 1. The van der Waals surface area contributed by atoms with Crippen LogP contribution < -0.4 is 9.80 Å². The van der Waals surface area contributed by atoms with Gasteiger partial charge in [0.25, 0.3) is 11.8 Å². The third kappa shape index (κ3) is 3.93. The highest BCUT2D eigenvalue weighted by atomic mass is 32.2. The van der Waals surface area contributed by atoms with Crippen LogP contribution in [0.2, 0.25) is 0 Å². The number of aliphatic hydroxyl groups excluding tert-OH is 1. The molecule has 0 atom stereocenters. The summed E-state index contributed by atoms with van der Waals surface area (Å²) in [5.41, 5.74) is 0.936. The molecule has 11 heteroatoms. The number of nitriles is 1. The van der Waals surface area contributed by atoms with Crippen LogP contribution in [-0.2, 0) is 20.7 Å². The van der Waals surface area contributed by atoms with Crippen molar-refractivity contribution in [1.29, 1.82) is 5.26 Å². The third-order valence-electron chi connectivity index (χ3n) is 6.39. The number of amides is 2. The average Bonchev–Trinajstić information content (AvgIpc) is 3.46. The van der Waals surface area contributed by atoms with E-state index in [0.29, 0.717) is 40.4 Å². The highest BCUT2D eigenvalue weighted by Gasteiger charge is 2.44. The quantitative estimate of drug-likeness (QED) is 0.320. The van der Waals surface area contributed by atoms with Gasteiger partial charge in [0.1, 0.15) is 21.7 Å². The van der Waals surface area contributed by atoms with Crippen LogP contribution in [0.4, 0.5) is 10.7 Å². The molecule has 0 radical (unpaired) electrons. The highest BCUT2D eigenvalue weighted by molar-refractivity contribution is 8.06. The van der Waals surface area contributed by atoms with Gasteiger partial charge in [0, 0.05) is 17.5 Å². The molecule has 0 bridgehead atoms. The minimum Gasteiger partial charge on any atom is -0.494 e. The summed E-state index contributed by atoms with van der Waals surface area (Å²) in [7, 11) is 0. The number of anilines is 2. The molecular weight excluding hydrogens is 526 g/mol. The molecule has 0 fully saturated rings. The zero-order chi connectivity index (χ0) is 27.1. The number of Topliss-reactive ketones (excluding diaryl/α,β-unsaturated/α-hetero) is 1. The maximum Gasteiger partial charge on any atom is 0.341 e. The van der Waals surface area contributed by atoms with Gasteiger partial charge in [0.2, 0.25) is 5.88 Å². The molecular formula is C27H21N3O6S2. The predicted molar refractivity (Wildman–Crippen MR) is 143 cm³/mol. The smallest absolute Gasteiger partial charge is 0.341 e. The Morgan fingerprint density at radius 3 is 2.55 bits per heavy atom. The number of ketones is 1. The van der Waals surface area contributed by atoms with Gasteiger partial charge < -0.3 is 9.84 Å². The number of thiophene rings is 1. The van der Waals surface area contributed by atoms with Crippen molar-refractivity contribution in [2.24, 2.45) is 0 Å². The number of ether oxygens (including phenoxy) is 1. The SMILES string of the molecule is CCOC(=O)c1c(N2C(=O)C(C#N)=C(C)/C(=C3\SC=C(O)N3c3ccccc3)C2=O)sc2c1CCCC2=O. The van der Waals surface area contributed by atoms with Crippen molar-refractivity contribution in [1.82, 2.24) is 0 Å². The molecule has 2 aromatic rings. The Morgan fingerprint density at radius 2 is 1.87 bits per heavy atom. The van der Waals surface area contributed by atoms with Crippen molar-refractivity contribution in [2.45, 2.75) is 33.1 Å². The van der Waals surface area contributed by atoms with Crippen molar-refractivity contribution in [2.75, 3.05) is 16.4 Å². The van der Waals surface area contributed by atoms with Gasteiger partial charge in [-0.05, 0) is 50.0 Å². The van der Waals surface area contributed by atoms with Crippen LogP contribution in [0, 0.1) is 11.3 Å². The first-order chi connectivity index (χ1) is 18.3. The first-order valence-electron chi connectivity index (χ1n) is 11.8. The van der Waals surface area contributed by atoms with Crippen LogP contribution >= 0.6 is 23.1 Å². The number of fused-ring (bicyclic) bond motifs is 1. The van der Waals surface area contributed by atoms with Gasteiger partial charge in [-0.2, -0.15) is 5.26 Å². The number of aliphatic hydroxyl groups is 1. The molecule has 2 amide bonds. The molecule has 1 aromatic heterocycles. The molecule has 1 N–H and O–H groups in total. The molecule has 0 saturated carbocycles. The van der Waals surface area contributed by atoms with Crippen molar-refractivity contribution in [3.8, 4) is 6.07 Å². The van der Waals surface area contributed by atoms with Crippen molar-refractivity contribution < 1.29 is 29.0 Å². The average molecular weight is 548 g/mol. The van der Waals surface area contributed by atoms with E-state index in [9.17, 15) is 29.5 Å². The van der Waals surface area contributed by atoms with Crippen LogP contribution in [-0.4, -0.2) is 35.3 Å². The largest absolute Gasteiger partial charge is 0.494 e. The van der Waals surface area contributed by atoms with Gasteiger partial charge in [-0.1, -0.05) is 30.0 Å². The molecule has 192 valence electrons. The summed E-state index contributed by atoms with van der Waals surface area (Å²) < 4.78 is 5.24. The van der Waals surface area contributed by atoms with Crippen molar-refractivity contribution in [3.05, 3.63) is 79.4 Å². The molecule has 38 heavy (non-hydrogen) atoms. The maximum atomic E-state index is 14.1. The molecule has 0 spiro atoms. The van der Waals surface area contributed by atoms with Gasteiger partial charge in [-0.15, -0.1) is 11.3 Å². The second-order valence-electron chi connectivity index (χ2n) is 8.59. The monoisotopic (exact) mass is 547 g/mol. The number of para-hydroxylation sites is 1. The molecule has 3 heterocycles. The molecule has 3 aliphatic rings. The van der Waals surface area contributed by atoms with E-state index in [1.54, 1.807) is 31.2 Å². The molecule has 1 aliphatic carbocycles. The van der Waals surface area contributed by atoms with Gasteiger partial charge in [0.05, 0.1) is 22.6 Å². The number of nitrogens with zero attached hydrogens (tertiary/aromatic N) is 3. The maximum absolute atomic E-state index is 14.1. The minimum absolute atomic E-state index is 0.00255. The van der Waals surface area contributed by atoms with Crippen molar-refractivity contribution >= 4 is 57.4 Å². The van der Waals surface area contributed by atoms with E-state index in [-0.39, 0.29) is 45.6 Å². The van der Waals surface area contributed by atoms with E-state index in [2.05, 4.69) is 0 Å². The fourth-order valence-electron chi connectivity index (χ4n) is 4.67. The zero-order valence-electron chi connectivity index (χ0n) is 20.4. The summed E-state index contributed by atoms with van der Waals surface area (Å²) >= 11 is 1.96. The fraction of sp³-hybridized carbons (Fsp3) is 0.222.